The molecule has 0 spiro atoms. The summed E-state index contributed by atoms with van der Waals surface area (Å²) < 4.78 is 13.2. The number of aromatic nitrogens is 4. The minimum Gasteiger partial charge on any atom is -0.478 e. The Morgan fingerprint density at radius 3 is 2.44 bits per heavy atom. The van der Waals surface area contributed by atoms with Crippen LogP contribution in [0.2, 0.25) is 0 Å². The van der Waals surface area contributed by atoms with Crippen molar-refractivity contribution in [3.8, 4) is 11.1 Å². The van der Waals surface area contributed by atoms with Gasteiger partial charge in [0.25, 0.3) is 0 Å². The zero-order valence-corrected chi connectivity index (χ0v) is 19.0. The second kappa shape index (κ2) is 10.5. The first-order valence-corrected chi connectivity index (χ1v) is 10.8. The molecule has 0 unspecified atom stereocenters. The molecule has 2 heterocycles. The zero-order chi connectivity index (χ0) is 23.1. The van der Waals surface area contributed by atoms with E-state index in [0.29, 0.717) is 24.2 Å². The molecular weight excluding hydrogens is 408 g/mol. The number of benzene rings is 1. The third-order valence-electron chi connectivity index (χ3n) is 5.62. The number of carboxylic acid groups (broad SMARTS) is 1. The van der Waals surface area contributed by atoms with Gasteiger partial charge in [-0.15, -0.1) is 0 Å². The summed E-state index contributed by atoms with van der Waals surface area (Å²) in [5.74, 6) is -0.603. The predicted molar refractivity (Wildman–Crippen MR) is 120 cm³/mol. The van der Waals surface area contributed by atoms with E-state index in [4.69, 9.17) is 19.6 Å². The maximum absolute atomic E-state index is 11.5. The second-order valence-electron chi connectivity index (χ2n) is 7.54. The van der Waals surface area contributed by atoms with Crippen molar-refractivity contribution in [1.29, 1.82) is 0 Å². The Morgan fingerprint density at radius 2 is 1.84 bits per heavy atom. The number of aromatic carboxylic acids is 1. The minimum atomic E-state index is -0.996. The van der Waals surface area contributed by atoms with Gasteiger partial charge in [0.2, 0.25) is 11.6 Å². The van der Waals surface area contributed by atoms with Crippen molar-refractivity contribution in [3.05, 3.63) is 65.5 Å². The van der Waals surface area contributed by atoms with E-state index in [9.17, 15) is 9.90 Å². The fourth-order valence-electron chi connectivity index (χ4n) is 3.67. The molecule has 3 rings (SSSR count). The van der Waals surface area contributed by atoms with Crippen molar-refractivity contribution in [3.63, 3.8) is 0 Å². The van der Waals surface area contributed by atoms with Crippen molar-refractivity contribution >= 4 is 5.97 Å². The molecule has 3 aromatic rings. The Balaban J connectivity index is 1.90. The van der Waals surface area contributed by atoms with Crippen molar-refractivity contribution in [2.75, 3.05) is 14.2 Å². The first-order chi connectivity index (χ1) is 15.5. The maximum Gasteiger partial charge on any atom is 0.337 e. The molecule has 8 heteroatoms. The molecule has 0 aliphatic heterocycles. The summed E-state index contributed by atoms with van der Waals surface area (Å²) in [7, 11) is 3.20. The number of carboxylic acids is 1. The smallest absolute Gasteiger partial charge is 0.337 e. The maximum atomic E-state index is 11.5. The van der Waals surface area contributed by atoms with Gasteiger partial charge in [-0.2, -0.15) is 5.10 Å². The van der Waals surface area contributed by atoms with E-state index in [2.05, 4.69) is 11.9 Å². The lowest BCUT2D eigenvalue weighted by atomic mass is 10.00. The van der Waals surface area contributed by atoms with Crippen LogP contribution in [0.4, 0.5) is 0 Å². The SMILES string of the molecule is CCCCn1nc(C(CC)(OC)OC)nc1Cc1ccc(-c2ccncc2C(=O)O)cc1. The molecule has 0 fully saturated rings. The van der Waals surface area contributed by atoms with E-state index in [1.165, 1.54) is 6.20 Å². The van der Waals surface area contributed by atoms with Gasteiger partial charge >= 0.3 is 5.97 Å². The molecule has 0 aliphatic rings. The number of carbonyl (C=O) groups is 1. The van der Waals surface area contributed by atoms with Crippen LogP contribution in [-0.2, 0) is 28.2 Å². The lowest BCUT2D eigenvalue weighted by Crippen LogP contribution is -2.31. The summed E-state index contributed by atoms with van der Waals surface area (Å²) in [4.78, 5) is 20.2. The number of pyridine rings is 1. The van der Waals surface area contributed by atoms with Crippen LogP contribution >= 0.6 is 0 Å². The Kier molecular flexibility index (Phi) is 7.71. The highest BCUT2D eigenvalue weighted by atomic mass is 16.7. The first-order valence-electron chi connectivity index (χ1n) is 10.8. The molecule has 0 amide bonds. The molecule has 0 aliphatic carbocycles. The summed E-state index contributed by atoms with van der Waals surface area (Å²) in [6.07, 6.45) is 6.19. The number of unbranched alkanes of at least 4 members (excludes halogenated alkanes) is 1. The quantitative estimate of drug-likeness (QED) is 0.446. The van der Waals surface area contributed by atoms with Crippen LogP contribution in [0.1, 0.15) is 60.7 Å². The summed E-state index contributed by atoms with van der Waals surface area (Å²) in [5, 5.41) is 14.1. The molecule has 2 aromatic heterocycles. The Morgan fingerprint density at radius 1 is 1.12 bits per heavy atom. The minimum absolute atomic E-state index is 0.180. The molecule has 0 atom stereocenters. The van der Waals surface area contributed by atoms with E-state index >= 15 is 0 Å². The van der Waals surface area contributed by atoms with Crippen molar-refractivity contribution in [2.45, 2.75) is 51.9 Å². The lowest BCUT2D eigenvalue weighted by molar-refractivity contribution is -0.222. The van der Waals surface area contributed by atoms with Crippen molar-refractivity contribution < 1.29 is 19.4 Å². The molecule has 0 saturated carbocycles. The van der Waals surface area contributed by atoms with Gasteiger partial charge < -0.3 is 14.6 Å². The predicted octanol–water partition coefficient (Wildman–Crippen LogP) is 4.28. The summed E-state index contributed by atoms with van der Waals surface area (Å²) in [6, 6.07) is 9.53. The fraction of sp³-hybridized carbons (Fsp3) is 0.417. The van der Waals surface area contributed by atoms with Crippen LogP contribution in [0.25, 0.3) is 11.1 Å². The highest BCUT2D eigenvalue weighted by Gasteiger charge is 2.35. The fourth-order valence-corrected chi connectivity index (χ4v) is 3.67. The van der Waals surface area contributed by atoms with Gasteiger partial charge in [0, 0.05) is 46.0 Å². The van der Waals surface area contributed by atoms with E-state index in [1.54, 1.807) is 26.5 Å². The van der Waals surface area contributed by atoms with E-state index in [-0.39, 0.29) is 5.56 Å². The highest BCUT2D eigenvalue weighted by molar-refractivity contribution is 5.95. The van der Waals surface area contributed by atoms with Gasteiger partial charge in [0.05, 0.1) is 5.56 Å². The number of hydrogen-bond acceptors (Lipinski definition) is 6. The number of hydrogen-bond donors (Lipinski definition) is 1. The largest absolute Gasteiger partial charge is 0.478 e. The molecule has 1 aromatic carbocycles. The number of ether oxygens (including phenoxy) is 2. The second-order valence-corrected chi connectivity index (χ2v) is 7.54. The molecule has 170 valence electrons. The molecular formula is C24H30N4O4. The Bertz CT molecular complexity index is 1030. The Labute approximate surface area is 188 Å². The average molecular weight is 439 g/mol. The van der Waals surface area contributed by atoms with Crippen LogP contribution in [0.5, 0.6) is 0 Å². The summed E-state index contributed by atoms with van der Waals surface area (Å²) in [6.45, 7) is 4.88. The number of rotatable bonds is 11. The topological polar surface area (TPSA) is 99.4 Å². The average Bonchev–Trinajstić information content (AvgIpc) is 3.22. The monoisotopic (exact) mass is 438 g/mol. The third kappa shape index (κ3) is 4.87. The standard InChI is InChI=1S/C24H30N4O4/c1-5-7-14-28-21(26-23(27-28)24(6-2,31-3)32-4)15-17-8-10-18(11-9-17)19-12-13-25-16-20(19)22(29)30/h8-13,16H,5-7,14-15H2,1-4H3,(H,29,30). The van der Waals surface area contributed by atoms with Crippen LogP contribution in [0, 0.1) is 0 Å². The molecule has 0 bridgehead atoms. The molecule has 0 radical (unpaired) electrons. The van der Waals surface area contributed by atoms with Gasteiger partial charge in [-0.25, -0.2) is 14.5 Å². The summed E-state index contributed by atoms with van der Waals surface area (Å²) in [5.41, 5.74) is 2.69. The number of methoxy groups -OCH3 is 2. The lowest BCUT2D eigenvalue weighted by Gasteiger charge is -2.26. The van der Waals surface area contributed by atoms with Crippen molar-refractivity contribution in [2.24, 2.45) is 0 Å². The van der Waals surface area contributed by atoms with Crippen LogP contribution in [-0.4, -0.2) is 45.0 Å². The zero-order valence-electron chi connectivity index (χ0n) is 19.0. The normalized spacial score (nSPS) is 11.6. The van der Waals surface area contributed by atoms with E-state index in [0.717, 1.165) is 36.3 Å². The van der Waals surface area contributed by atoms with Gasteiger partial charge in [0.1, 0.15) is 5.82 Å². The molecule has 32 heavy (non-hydrogen) atoms. The Hall–Kier alpha value is -3.10. The van der Waals surface area contributed by atoms with Gasteiger partial charge in [-0.3, -0.25) is 4.98 Å². The van der Waals surface area contributed by atoms with Crippen LogP contribution in [0.15, 0.2) is 42.7 Å². The van der Waals surface area contributed by atoms with E-state index in [1.807, 2.05) is 35.9 Å². The number of nitrogens with zero attached hydrogens (tertiary/aromatic N) is 4. The first kappa shape index (κ1) is 23.6. The molecule has 8 nitrogen and oxygen atoms in total. The van der Waals surface area contributed by atoms with Crippen LogP contribution < -0.4 is 0 Å². The molecule has 0 saturated heterocycles. The van der Waals surface area contributed by atoms with Gasteiger partial charge in [-0.05, 0) is 29.2 Å². The summed E-state index contributed by atoms with van der Waals surface area (Å²) >= 11 is 0. The van der Waals surface area contributed by atoms with E-state index < -0.39 is 11.8 Å². The third-order valence-corrected chi connectivity index (χ3v) is 5.62. The van der Waals surface area contributed by atoms with Gasteiger partial charge in [0.15, 0.2) is 0 Å². The highest BCUT2D eigenvalue weighted by Crippen LogP contribution is 2.28. The van der Waals surface area contributed by atoms with Crippen molar-refractivity contribution in [1.82, 2.24) is 19.7 Å². The van der Waals surface area contributed by atoms with Gasteiger partial charge in [-0.1, -0.05) is 44.5 Å². The number of aryl methyl sites for hydroxylation is 1. The molecule has 1 N–H and O–H groups in total. The van der Waals surface area contributed by atoms with Crippen LogP contribution in [0.3, 0.4) is 0 Å².